The molecule has 0 aliphatic rings. The van der Waals surface area contributed by atoms with Crippen molar-refractivity contribution in [1.29, 1.82) is 0 Å². The van der Waals surface area contributed by atoms with Crippen LogP contribution in [0, 0.1) is 6.92 Å². The number of nitrogens with one attached hydrogen (secondary N) is 1. The molecule has 1 aromatic rings. The van der Waals surface area contributed by atoms with Crippen LogP contribution in [-0.4, -0.2) is 27.3 Å². The molecule has 1 unspecified atom stereocenters. The van der Waals surface area contributed by atoms with Crippen LogP contribution in [0.4, 0.5) is 0 Å². The second-order valence-electron chi connectivity index (χ2n) is 2.67. The van der Waals surface area contributed by atoms with Crippen molar-refractivity contribution in [3.63, 3.8) is 0 Å². The summed E-state index contributed by atoms with van der Waals surface area (Å²) in [6, 6.07) is -0.612. The zero-order valence-electron chi connectivity index (χ0n) is 7.44. The van der Waals surface area contributed by atoms with E-state index in [1.54, 1.807) is 13.8 Å². The molecule has 6 nitrogen and oxygen atoms in total. The van der Waals surface area contributed by atoms with Gasteiger partial charge in [-0.15, -0.1) is 0 Å². The van der Waals surface area contributed by atoms with E-state index in [1.165, 1.54) is 0 Å². The number of hydrogen-bond acceptors (Lipinski definition) is 5. The SMILES string of the molecule is Cc1nc(CNC(C)C(=O)O)no1. The Morgan fingerprint density at radius 3 is 2.92 bits per heavy atom. The molecule has 0 aliphatic carbocycles. The highest BCUT2D eigenvalue weighted by Crippen LogP contribution is 1.94. The third kappa shape index (κ3) is 2.83. The van der Waals surface area contributed by atoms with Gasteiger partial charge in [-0.05, 0) is 6.92 Å². The predicted molar refractivity (Wildman–Crippen MR) is 43.0 cm³/mol. The topological polar surface area (TPSA) is 88.2 Å². The smallest absolute Gasteiger partial charge is 0.320 e. The molecule has 1 rings (SSSR count). The van der Waals surface area contributed by atoms with Gasteiger partial charge in [-0.25, -0.2) is 0 Å². The number of carboxylic acid groups (broad SMARTS) is 1. The molecular formula is C7H11N3O3. The Morgan fingerprint density at radius 2 is 2.46 bits per heavy atom. The fraction of sp³-hybridized carbons (Fsp3) is 0.571. The van der Waals surface area contributed by atoms with Crippen LogP contribution < -0.4 is 5.32 Å². The number of aromatic nitrogens is 2. The highest BCUT2D eigenvalue weighted by atomic mass is 16.5. The summed E-state index contributed by atoms with van der Waals surface area (Å²) in [4.78, 5) is 14.3. The van der Waals surface area contributed by atoms with Crippen LogP contribution in [0.25, 0.3) is 0 Å². The Kier molecular flexibility index (Phi) is 2.97. The van der Waals surface area contributed by atoms with E-state index in [4.69, 9.17) is 9.63 Å². The standard InChI is InChI=1S/C7H11N3O3/c1-4(7(11)12)8-3-6-9-5(2)13-10-6/h4,8H,3H2,1-2H3,(H,11,12). The quantitative estimate of drug-likeness (QED) is 0.683. The van der Waals surface area contributed by atoms with Crippen molar-refractivity contribution in [2.24, 2.45) is 0 Å². The Hall–Kier alpha value is -1.43. The molecule has 0 amide bonds. The Morgan fingerprint density at radius 1 is 1.77 bits per heavy atom. The molecule has 1 heterocycles. The largest absolute Gasteiger partial charge is 0.480 e. The van der Waals surface area contributed by atoms with Gasteiger partial charge in [-0.2, -0.15) is 4.98 Å². The van der Waals surface area contributed by atoms with E-state index >= 15 is 0 Å². The summed E-state index contributed by atoms with van der Waals surface area (Å²) in [7, 11) is 0. The van der Waals surface area contributed by atoms with Gasteiger partial charge in [-0.1, -0.05) is 5.16 Å². The molecule has 0 bridgehead atoms. The fourth-order valence-electron chi connectivity index (χ4n) is 0.745. The molecule has 0 aromatic carbocycles. The maximum Gasteiger partial charge on any atom is 0.320 e. The van der Waals surface area contributed by atoms with Crippen LogP contribution >= 0.6 is 0 Å². The van der Waals surface area contributed by atoms with Gasteiger partial charge in [0.15, 0.2) is 5.82 Å². The molecule has 72 valence electrons. The van der Waals surface area contributed by atoms with E-state index in [9.17, 15) is 4.79 Å². The summed E-state index contributed by atoms with van der Waals surface area (Å²) in [6.45, 7) is 3.53. The predicted octanol–water partition coefficient (Wildman–Crippen LogP) is -0.0593. The van der Waals surface area contributed by atoms with Crippen molar-refractivity contribution in [3.8, 4) is 0 Å². The van der Waals surface area contributed by atoms with Gasteiger partial charge in [-0.3, -0.25) is 10.1 Å². The van der Waals surface area contributed by atoms with Crippen molar-refractivity contribution in [2.45, 2.75) is 26.4 Å². The molecule has 0 spiro atoms. The maximum absolute atomic E-state index is 10.4. The number of aryl methyl sites for hydroxylation is 1. The van der Waals surface area contributed by atoms with Gasteiger partial charge in [0, 0.05) is 6.92 Å². The lowest BCUT2D eigenvalue weighted by Gasteiger charge is -2.05. The molecule has 0 saturated heterocycles. The average Bonchev–Trinajstić information content (AvgIpc) is 2.47. The van der Waals surface area contributed by atoms with Crippen LogP contribution in [0.15, 0.2) is 4.52 Å². The number of aliphatic carboxylic acids is 1. The van der Waals surface area contributed by atoms with Crippen LogP contribution in [0.1, 0.15) is 18.6 Å². The lowest BCUT2D eigenvalue weighted by Crippen LogP contribution is -2.33. The maximum atomic E-state index is 10.4. The minimum absolute atomic E-state index is 0.296. The van der Waals surface area contributed by atoms with Crippen molar-refractivity contribution in [1.82, 2.24) is 15.5 Å². The van der Waals surface area contributed by atoms with Crippen LogP contribution in [0.3, 0.4) is 0 Å². The highest BCUT2D eigenvalue weighted by molar-refractivity contribution is 5.72. The lowest BCUT2D eigenvalue weighted by molar-refractivity contribution is -0.139. The lowest BCUT2D eigenvalue weighted by atomic mass is 10.3. The summed E-state index contributed by atoms with van der Waals surface area (Å²) in [6.07, 6.45) is 0. The van der Waals surface area contributed by atoms with E-state index in [0.717, 1.165) is 0 Å². The molecule has 2 N–H and O–H groups in total. The average molecular weight is 185 g/mol. The Labute approximate surface area is 74.9 Å². The third-order valence-corrected chi connectivity index (χ3v) is 1.51. The van der Waals surface area contributed by atoms with E-state index in [-0.39, 0.29) is 0 Å². The van der Waals surface area contributed by atoms with Crippen LogP contribution in [-0.2, 0) is 11.3 Å². The first-order chi connectivity index (χ1) is 6.09. The van der Waals surface area contributed by atoms with Gasteiger partial charge in [0.25, 0.3) is 0 Å². The number of hydrogen-bond donors (Lipinski definition) is 2. The molecule has 0 aliphatic heterocycles. The number of carbonyl (C=O) groups is 1. The third-order valence-electron chi connectivity index (χ3n) is 1.51. The van der Waals surface area contributed by atoms with Gasteiger partial charge < -0.3 is 9.63 Å². The minimum atomic E-state index is -0.903. The van der Waals surface area contributed by atoms with Crippen LogP contribution in [0.2, 0.25) is 0 Å². The monoisotopic (exact) mass is 185 g/mol. The van der Waals surface area contributed by atoms with Crippen molar-refractivity contribution in [2.75, 3.05) is 0 Å². The van der Waals surface area contributed by atoms with Gasteiger partial charge in [0.2, 0.25) is 5.89 Å². The first-order valence-electron chi connectivity index (χ1n) is 3.85. The molecule has 0 saturated carbocycles. The summed E-state index contributed by atoms with van der Waals surface area (Å²) in [5, 5.41) is 14.9. The molecule has 1 atom stereocenters. The molecule has 0 radical (unpaired) electrons. The van der Waals surface area contributed by atoms with E-state index in [0.29, 0.717) is 18.3 Å². The van der Waals surface area contributed by atoms with Gasteiger partial charge >= 0.3 is 5.97 Å². The normalized spacial score (nSPS) is 12.8. The summed E-state index contributed by atoms with van der Waals surface area (Å²) in [5.74, 6) is 0.0330. The number of carboxylic acids is 1. The molecule has 6 heteroatoms. The van der Waals surface area contributed by atoms with Crippen molar-refractivity contribution < 1.29 is 14.4 Å². The molecular weight excluding hydrogens is 174 g/mol. The van der Waals surface area contributed by atoms with E-state index in [2.05, 4.69) is 15.5 Å². The number of nitrogens with zero attached hydrogens (tertiary/aromatic N) is 2. The summed E-state index contributed by atoms with van der Waals surface area (Å²) in [5.41, 5.74) is 0. The van der Waals surface area contributed by atoms with Crippen molar-refractivity contribution >= 4 is 5.97 Å². The second-order valence-corrected chi connectivity index (χ2v) is 2.67. The van der Waals surface area contributed by atoms with Crippen LogP contribution in [0.5, 0.6) is 0 Å². The summed E-state index contributed by atoms with van der Waals surface area (Å²) >= 11 is 0. The zero-order chi connectivity index (χ0) is 9.84. The van der Waals surface area contributed by atoms with Gasteiger partial charge in [0.1, 0.15) is 6.04 Å². The Bertz CT molecular complexity index is 297. The fourth-order valence-corrected chi connectivity index (χ4v) is 0.745. The number of rotatable bonds is 4. The minimum Gasteiger partial charge on any atom is -0.480 e. The first kappa shape index (κ1) is 9.66. The second kappa shape index (κ2) is 3.99. The zero-order valence-corrected chi connectivity index (χ0v) is 7.44. The molecule has 1 aromatic heterocycles. The molecule has 0 fully saturated rings. The van der Waals surface area contributed by atoms with E-state index < -0.39 is 12.0 Å². The van der Waals surface area contributed by atoms with Gasteiger partial charge in [0.05, 0.1) is 6.54 Å². The molecule has 13 heavy (non-hydrogen) atoms. The highest BCUT2D eigenvalue weighted by Gasteiger charge is 2.10. The van der Waals surface area contributed by atoms with E-state index in [1.807, 2.05) is 0 Å². The first-order valence-corrected chi connectivity index (χ1v) is 3.85. The summed E-state index contributed by atoms with van der Waals surface area (Å²) < 4.78 is 4.71. The van der Waals surface area contributed by atoms with Crippen molar-refractivity contribution in [3.05, 3.63) is 11.7 Å². The Balaban J connectivity index is 2.39.